The van der Waals surface area contributed by atoms with E-state index < -0.39 is 5.25 Å². The Morgan fingerprint density at radius 3 is 2.29 bits per heavy atom. The van der Waals surface area contributed by atoms with Gasteiger partial charge in [0.05, 0.1) is 27.5 Å². The van der Waals surface area contributed by atoms with E-state index >= 15 is 0 Å². The van der Waals surface area contributed by atoms with Gasteiger partial charge in [-0.05, 0) is 29.3 Å². The fraction of sp³-hybridized carbons (Fsp3) is 0.154. The third kappa shape index (κ3) is 4.72. The maximum atomic E-state index is 13.2. The second-order valence-electron chi connectivity index (χ2n) is 8.17. The average molecular weight is 523 g/mol. The molecule has 0 spiro atoms. The quantitative estimate of drug-likeness (QED) is 0.253. The van der Waals surface area contributed by atoms with Crippen molar-refractivity contribution in [2.75, 3.05) is 4.90 Å². The predicted octanol–water partition coefficient (Wildman–Crippen LogP) is 6.14. The molecule has 0 aliphatic carbocycles. The van der Waals surface area contributed by atoms with Crippen LogP contribution in [-0.4, -0.2) is 33.0 Å². The molecule has 35 heavy (non-hydrogen) atoms. The van der Waals surface area contributed by atoms with Crippen molar-refractivity contribution in [1.29, 1.82) is 5.41 Å². The van der Waals surface area contributed by atoms with E-state index in [-0.39, 0.29) is 34.5 Å². The molecule has 9 heteroatoms. The van der Waals surface area contributed by atoms with E-state index in [2.05, 4.69) is 0 Å². The summed E-state index contributed by atoms with van der Waals surface area (Å²) >= 11 is 13.1. The summed E-state index contributed by atoms with van der Waals surface area (Å²) in [4.78, 5) is 27.0. The Balaban J connectivity index is 1.39. The summed E-state index contributed by atoms with van der Waals surface area (Å²) in [5.74, 6) is -0.723. The van der Waals surface area contributed by atoms with Crippen LogP contribution in [0.4, 0.5) is 5.69 Å². The Morgan fingerprint density at radius 2 is 1.60 bits per heavy atom. The van der Waals surface area contributed by atoms with Crippen LogP contribution in [0.25, 0.3) is 0 Å². The number of hydrazone groups is 1. The first kappa shape index (κ1) is 23.6. The highest BCUT2D eigenvalue weighted by Gasteiger charge is 2.42. The number of benzene rings is 3. The van der Waals surface area contributed by atoms with E-state index in [1.54, 1.807) is 17.1 Å². The molecule has 0 saturated carbocycles. The minimum atomic E-state index is -0.725. The van der Waals surface area contributed by atoms with Crippen LogP contribution >= 0.6 is 35.0 Å². The Bertz CT molecular complexity index is 1330. The highest BCUT2D eigenvalue weighted by Crippen LogP contribution is 2.38. The Kier molecular flexibility index (Phi) is 6.65. The molecule has 2 atom stereocenters. The molecule has 0 aromatic heterocycles. The molecule has 2 heterocycles. The molecular weight excluding hydrogens is 503 g/mol. The topological polar surface area (TPSA) is 76.8 Å². The summed E-state index contributed by atoms with van der Waals surface area (Å²) in [6.45, 7) is 0. The van der Waals surface area contributed by atoms with Gasteiger partial charge >= 0.3 is 0 Å². The van der Waals surface area contributed by atoms with Crippen LogP contribution in [0.1, 0.15) is 30.0 Å². The maximum absolute atomic E-state index is 13.2. The molecule has 0 unspecified atom stereocenters. The van der Waals surface area contributed by atoms with E-state index in [1.807, 2.05) is 60.7 Å². The number of halogens is 2. The lowest BCUT2D eigenvalue weighted by Crippen LogP contribution is -2.32. The number of rotatable bonds is 4. The normalized spacial score (nSPS) is 19.9. The summed E-state index contributed by atoms with van der Waals surface area (Å²) in [5, 5.41) is 15.2. The molecule has 2 aliphatic heterocycles. The van der Waals surface area contributed by atoms with Crippen LogP contribution in [0.3, 0.4) is 0 Å². The fourth-order valence-corrected chi connectivity index (χ4v) is 5.49. The monoisotopic (exact) mass is 522 g/mol. The van der Waals surface area contributed by atoms with Crippen molar-refractivity contribution >= 4 is 63.3 Å². The highest BCUT2D eigenvalue weighted by molar-refractivity contribution is 8.14. The van der Waals surface area contributed by atoms with Crippen LogP contribution in [0.5, 0.6) is 0 Å². The standard InChI is InChI=1S/C26H20Cl2N4O2S/c27-19-12-11-18(13-20(19)28)31-24(33)15-23(25(31)34)35-26(29)32-22(17-9-5-2-6-10-17)14-21(30-32)16-7-3-1-4-8-16/h1-13,22-23,29H,14-15H2/t22-,23+/m1/s1. The lowest BCUT2D eigenvalue weighted by atomic mass is 9.99. The molecule has 1 fully saturated rings. The van der Waals surface area contributed by atoms with Crippen LogP contribution in [0, 0.1) is 5.41 Å². The Labute approximate surface area is 217 Å². The number of hydrogen-bond donors (Lipinski definition) is 1. The van der Waals surface area contributed by atoms with Crippen molar-refractivity contribution in [2.24, 2.45) is 5.10 Å². The molecule has 3 aromatic carbocycles. The molecule has 3 aromatic rings. The second-order valence-corrected chi connectivity index (χ2v) is 10.2. The van der Waals surface area contributed by atoms with Gasteiger partial charge in [0.15, 0.2) is 5.17 Å². The van der Waals surface area contributed by atoms with Crippen LogP contribution in [-0.2, 0) is 9.59 Å². The average Bonchev–Trinajstić information content (AvgIpc) is 3.43. The first-order valence-electron chi connectivity index (χ1n) is 11.0. The van der Waals surface area contributed by atoms with Gasteiger partial charge in [0.25, 0.3) is 0 Å². The highest BCUT2D eigenvalue weighted by atomic mass is 35.5. The van der Waals surface area contributed by atoms with Crippen molar-refractivity contribution in [3.63, 3.8) is 0 Å². The zero-order chi connectivity index (χ0) is 24.5. The minimum absolute atomic E-state index is 0.00870. The van der Waals surface area contributed by atoms with Crippen molar-refractivity contribution in [2.45, 2.75) is 24.1 Å². The molecular formula is C26H20Cl2N4O2S. The SMILES string of the molecule is N=C(S[C@H]1CC(=O)N(c2ccc(Cl)c(Cl)c2)C1=O)N1N=C(c2ccccc2)C[C@@H]1c1ccccc1. The fourth-order valence-electron chi connectivity index (χ4n) is 4.22. The van der Waals surface area contributed by atoms with Gasteiger partial charge in [-0.1, -0.05) is 95.6 Å². The van der Waals surface area contributed by atoms with Crippen molar-refractivity contribution in [3.05, 3.63) is 100 Å². The number of hydrogen-bond acceptors (Lipinski definition) is 5. The smallest absolute Gasteiger partial charge is 0.247 e. The van der Waals surface area contributed by atoms with E-state index in [0.717, 1.165) is 33.5 Å². The molecule has 2 amide bonds. The van der Waals surface area contributed by atoms with Gasteiger partial charge in [0, 0.05) is 12.8 Å². The predicted molar refractivity (Wildman–Crippen MR) is 141 cm³/mol. The first-order valence-corrected chi connectivity index (χ1v) is 12.6. The molecule has 6 nitrogen and oxygen atoms in total. The zero-order valence-electron chi connectivity index (χ0n) is 18.4. The summed E-state index contributed by atoms with van der Waals surface area (Å²) in [7, 11) is 0. The van der Waals surface area contributed by atoms with Crippen LogP contribution < -0.4 is 4.90 Å². The van der Waals surface area contributed by atoms with E-state index in [0.29, 0.717) is 17.1 Å². The van der Waals surface area contributed by atoms with E-state index in [9.17, 15) is 9.59 Å². The largest absolute Gasteiger partial charge is 0.277 e. The summed E-state index contributed by atoms with van der Waals surface area (Å²) in [6, 6.07) is 24.2. The number of carbonyl (C=O) groups excluding carboxylic acids is 2. The number of thioether (sulfide) groups is 1. The first-order chi connectivity index (χ1) is 16.9. The Hall–Kier alpha value is -3.13. The van der Waals surface area contributed by atoms with E-state index in [1.165, 1.54) is 6.07 Å². The van der Waals surface area contributed by atoms with Crippen molar-refractivity contribution in [3.8, 4) is 0 Å². The number of carbonyl (C=O) groups is 2. The minimum Gasteiger partial charge on any atom is -0.277 e. The van der Waals surface area contributed by atoms with Crippen molar-refractivity contribution < 1.29 is 9.59 Å². The van der Waals surface area contributed by atoms with Crippen LogP contribution in [0.15, 0.2) is 84.0 Å². The van der Waals surface area contributed by atoms with Gasteiger partial charge in [0.2, 0.25) is 11.8 Å². The van der Waals surface area contributed by atoms with E-state index in [4.69, 9.17) is 33.7 Å². The van der Waals surface area contributed by atoms with Gasteiger partial charge in [-0.15, -0.1) is 0 Å². The van der Waals surface area contributed by atoms with Crippen molar-refractivity contribution in [1.82, 2.24) is 5.01 Å². The molecule has 1 saturated heterocycles. The Morgan fingerprint density at radius 1 is 0.914 bits per heavy atom. The zero-order valence-corrected chi connectivity index (χ0v) is 20.7. The third-order valence-electron chi connectivity index (χ3n) is 5.93. The lowest BCUT2D eigenvalue weighted by molar-refractivity contribution is -0.121. The number of nitrogens with one attached hydrogen (secondary N) is 1. The molecule has 5 rings (SSSR count). The molecule has 0 radical (unpaired) electrons. The molecule has 2 aliphatic rings. The number of amidine groups is 1. The number of amides is 2. The number of anilines is 1. The van der Waals surface area contributed by atoms with Gasteiger partial charge < -0.3 is 0 Å². The number of nitrogens with zero attached hydrogens (tertiary/aromatic N) is 3. The van der Waals surface area contributed by atoms with Gasteiger partial charge in [-0.25, -0.2) is 9.91 Å². The van der Waals surface area contributed by atoms with Crippen LogP contribution in [0.2, 0.25) is 10.0 Å². The molecule has 1 N–H and O–H groups in total. The lowest BCUT2D eigenvalue weighted by Gasteiger charge is -2.24. The number of imide groups is 1. The maximum Gasteiger partial charge on any atom is 0.247 e. The molecule has 176 valence electrons. The summed E-state index contributed by atoms with van der Waals surface area (Å²) in [5.41, 5.74) is 3.26. The molecule has 0 bridgehead atoms. The second kappa shape index (κ2) is 9.85. The summed E-state index contributed by atoms with van der Waals surface area (Å²) in [6.07, 6.45) is 0.620. The summed E-state index contributed by atoms with van der Waals surface area (Å²) < 4.78 is 0. The van der Waals surface area contributed by atoms with Gasteiger partial charge in [-0.2, -0.15) is 5.10 Å². The third-order valence-corrected chi connectivity index (χ3v) is 7.73. The van der Waals surface area contributed by atoms with Gasteiger partial charge in [-0.3, -0.25) is 15.0 Å². The van der Waals surface area contributed by atoms with Gasteiger partial charge in [0.1, 0.15) is 5.25 Å².